The van der Waals surface area contributed by atoms with Crippen molar-refractivity contribution in [2.45, 2.75) is 44.9 Å². The molecule has 21 heavy (non-hydrogen) atoms. The Labute approximate surface area is 125 Å². The first kappa shape index (κ1) is 16.0. The molecule has 1 saturated carbocycles. The van der Waals surface area contributed by atoms with Crippen LogP contribution in [0.15, 0.2) is 17.0 Å². The summed E-state index contributed by atoms with van der Waals surface area (Å²) < 4.78 is 27.5. The average Bonchev–Trinajstić information content (AvgIpc) is 2.33. The molecule has 116 valence electrons. The number of rotatable bonds is 5. The van der Waals surface area contributed by atoms with Crippen molar-refractivity contribution < 1.29 is 18.3 Å². The van der Waals surface area contributed by atoms with Crippen LogP contribution in [-0.4, -0.2) is 26.0 Å². The van der Waals surface area contributed by atoms with E-state index in [1.807, 2.05) is 0 Å². The number of sulfonamides is 1. The van der Waals surface area contributed by atoms with Crippen LogP contribution in [0.25, 0.3) is 0 Å². The zero-order valence-corrected chi connectivity index (χ0v) is 13.4. The molecule has 0 spiro atoms. The Morgan fingerprint density at radius 3 is 2.38 bits per heavy atom. The van der Waals surface area contributed by atoms with Crippen LogP contribution in [0.4, 0.5) is 0 Å². The van der Waals surface area contributed by atoms with Gasteiger partial charge in [0.05, 0.1) is 10.5 Å². The third-order valence-corrected chi connectivity index (χ3v) is 5.83. The molecule has 1 aromatic rings. The van der Waals surface area contributed by atoms with E-state index in [0.29, 0.717) is 17.7 Å². The minimum Gasteiger partial charge on any atom is -0.478 e. The van der Waals surface area contributed by atoms with Crippen LogP contribution >= 0.6 is 0 Å². The summed E-state index contributed by atoms with van der Waals surface area (Å²) >= 11 is 0. The molecule has 6 heteroatoms. The lowest BCUT2D eigenvalue weighted by Crippen LogP contribution is -2.40. The van der Waals surface area contributed by atoms with Crippen LogP contribution in [-0.2, 0) is 10.0 Å². The number of carboxylic acid groups (broad SMARTS) is 1. The van der Waals surface area contributed by atoms with Gasteiger partial charge < -0.3 is 5.11 Å². The molecule has 0 aromatic heterocycles. The molecule has 1 aliphatic carbocycles. The Balaban J connectivity index is 2.30. The fourth-order valence-electron chi connectivity index (χ4n) is 2.66. The lowest BCUT2D eigenvalue weighted by atomic mass is 9.71. The maximum Gasteiger partial charge on any atom is 0.335 e. The molecule has 0 radical (unpaired) electrons. The number of nitrogens with one attached hydrogen (secondary N) is 1. The summed E-state index contributed by atoms with van der Waals surface area (Å²) in [5.74, 6) is -1.12. The third kappa shape index (κ3) is 3.27. The third-order valence-electron chi connectivity index (χ3n) is 4.29. The van der Waals surface area contributed by atoms with Crippen molar-refractivity contribution in [3.05, 3.63) is 28.8 Å². The van der Waals surface area contributed by atoms with Crippen LogP contribution in [0.5, 0.6) is 0 Å². The van der Waals surface area contributed by atoms with Crippen molar-refractivity contribution in [2.24, 2.45) is 5.41 Å². The van der Waals surface area contributed by atoms with E-state index in [2.05, 4.69) is 11.6 Å². The van der Waals surface area contributed by atoms with E-state index in [-0.39, 0.29) is 15.9 Å². The fourth-order valence-corrected chi connectivity index (χ4v) is 4.11. The van der Waals surface area contributed by atoms with E-state index < -0.39 is 16.0 Å². The second-order valence-corrected chi connectivity index (χ2v) is 7.96. The SMILES string of the molecule is Cc1cc(C)c(S(=O)(=O)NCC2(C)CCC2)cc1C(=O)O. The number of carbonyl (C=O) groups is 1. The standard InChI is InChI=1S/C15H21NO4S/c1-10-7-11(2)13(8-12(10)14(17)18)21(19,20)16-9-15(3)5-4-6-15/h7-8,16H,4-6,9H2,1-3H3,(H,17,18). The molecule has 0 unspecified atom stereocenters. The number of carboxylic acids is 1. The largest absolute Gasteiger partial charge is 0.478 e. The maximum absolute atomic E-state index is 12.4. The number of aryl methyl sites for hydroxylation is 2. The lowest BCUT2D eigenvalue weighted by Gasteiger charge is -2.38. The average molecular weight is 311 g/mol. The smallest absolute Gasteiger partial charge is 0.335 e. The monoisotopic (exact) mass is 311 g/mol. The van der Waals surface area contributed by atoms with E-state index >= 15 is 0 Å². The van der Waals surface area contributed by atoms with E-state index in [0.717, 1.165) is 19.3 Å². The highest BCUT2D eigenvalue weighted by Crippen LogP contribution is 2.39. The molecule has 2 N–H and O–H groups in total. The second-order valence-electron chi connectivity index (χ2n) is 6.23. The van der Waals surface area contributed by atoms with Gasteiger partial charge in [0.1, 0.15) is 0 Å². The molecule has 0 heterocycles. The van der Waals surface area contributed by atoms with Crippen LogP contribution in [0, 0.1) is 19.3 Å². The quantitative estimate of drug-likeness (QED) is 0.875. The molecular weight excluding hydrogens is 290 g/mol. The van der Waals surface area contributed by atoms with Crippen LogP contribution in [0.3, 0.4) is 0 Å². The first-order valence-electron chi connectivity index (χ1n) is 6.99. The van der Waals surface area contributed by atoms with E-state index in [4.69, 9.17) is 5.11 Å². The van der Waals surface area contributed by atoms with Crippen molar-refractivity contribution >= 4 is 16.0 Å². The van der Waals surface area contributed by atoms with Gasteiger partial charge in [0.25, 0.3) is 0 Å². The molecule has 1 aromatic carbocycles. The van der Waals surface area contributed by atoms with E-state index in [1.54, 1.807) is 19.9 Å². The summed E-state index contributed by atoms with van der Waals surface area (Å²) in [5.41, 5.74) is 1.17. The summed E-state index contributed by atoms with van der Waals surface area (Å²) in [6.07, 6.45) is 3.16. The Kier molecular flexibility index (Phi) is 4.13. The predicted octanol–water partition coefficient (Wildman–Crippen LogP) is 2.47. The Hall–Kier alpha value is -1.40. The summed E-state index contributed by atoms with van der Waals surface area (Å²) in [6, 6.07) is 2.85. The highest BCUT2D eigenvalue weighted by molar-refractivity contribution is 7.89. The van der Waals surface area contributed by atoms with Gasteiger partial charge in [-0.3, -0.25) is 0 Å². The zero-order chi connectivity index (χ0) is 15.8. The minimum atomic E-state index is -3.69. The molecule has 1 fully saturated rings. The molecule has 0 atom stereocenters. The topological polar surface area (TPSA) is 83.5 Å². The van der Waals surface area contributed by atoms with Crippen molar-refractivity contribution in [1.29, 1.82) is 0 Å². The van der Waals surface area contributed by atoms with Gasteiger partial charge in [-0.1, -0.05) is 19.4 Å². The number of hydrogen-bond acceptors (Lipinski definition) is 3. The van der Waals surface area contributed by atoms with E-state index in [9.17, 15) is 13.2 Å². The van der Waals surface area contributed by atoms with Gasteiger partial charge in [0.15, 0.2) is 0 Å². The predicted molar refractivity (Wildman–Crippen MR) is 80.0 cm³/mol. The Morgan fingerprint density at radius 2 is 1.90 bits per heavy atom. The highest BCUT2D eigenvalue weighted by atomic mass is 32.2. The Morgan fingerprint density at radius 1 is 1.29 bits per heavy atom. The molecule has 0 aliphatic heterocycles. The van der Waals surface area contributed by atoms with Gasteiger partial charge in [0.2, 0.25) is 10.0 Å². The van der Waals surface area contributed by atoms with Gasteiger partial charge in [0, 0.05) is 6.54 Å². The van der Waals surface area contributed by atoms with Gasteiger partial charge >= 0.3 is 5.97 Å². The molecule has 2 rings (SSSR count). The van der Waals surface area contributed by atoms with Crippen LogP contribution < -0.4 is 4.72 Å². The van der Waals surface area contributed by atoms with Crippen molar-refractivity contribution in [3.63, 3.8) is 0 Å². The lowest BCUT2D eigenvalue weighted by molar-refractivity contribution is 0.0696. The first-order chi connectivity index (χ1) is 9.65. The Bertz CT molecular complexity index is 675. The minimum absolute atomic E-state index is 0.0239. The van der Waals surface area contributed by atoms with Gasteiger partial charge in [-0.05, 0) is 49.3 Å². The molecule has 0 bridgehead atoms. The number of hydrogen-bond donors (Lipinski definition) is 2. The normalized spacial score (nSPS) is 17.3. The highest BCUT2D eigenvalue weighted by Gasteiger charge is 2.33. The molecule has 0 amide bonds. The molecule has 0 saturated heterocycles. The maximum atomic E-state index is 12.4. The van der Waals surface area contributed by atoms with E-state index in [1.165, 1.54) is 6.07 Å². The first-order valence-corrected chi connectivity index (χ1v) is 8.47. The zero-order valence-electron chi connectivity index (χ0n) is 12.6. The fraction of sp³-hybridized carbons (Fsp3) is 0.533. The molecule has 1 aliphatic rings. The van der Waals surface area contributed by atoms with Gasteiger partial charge in [-0.15, -0.1) is 0 Å². The molecule has 5 nitrogen and oxygen atoms in total. The van der Waals surface area contributed by atoms with Crippen molar-refractivity contribution in [2.75, 3.05) is 6.54 Å². The molecular formula is C15H21NO4S. The van der Waals surface area contributed by atoms with Crippen molar-refractivity contribution in [3.8, 4) is 0 Å². The van der Waals surface area contributed by atoms with Gasteiger partial charge in [-0.2, -0.15) is 0 Å². The summed E-state index contributed by atoms with van der Waals surface area (Å²) in [5, 5.41) is 9.14. The summed E-state index contributed by atoms with van der Waals surface area (Å²) in [4.78, 5) is 11.2. The second kappa shape index (κ2) is 5.42. The van der Waals surface area contributed by atoms with Crippen LogP contribution in [0.2, 0.25) is 0 Å². The van der Waals surface area contributed by atoms with Crippen LogP contribution in [0.1, 0.15) is 47.7 Å². The number of aromatic carboxylic acids is 1. The van der Waals surface area contributed by atoms with Gasteiger partial charge in [-0.25, -0.2) is 17.9 Å². The summed E-state index contributed by atoms with van der Waals surface area (Å²) in [6.45, 7) is 5.79. The van der Waals surface area contributed by atoms with Crippen molar-refractivity contribution in [1.82, 2.24) is 4.72 Å². The summed E-state index contributed by atoms with van der Waals surface area (Å²) in [7, 11) is -3.69. The number of benzene rings is 1.